The van der Waals surface area contributed by atoms with Crippen LogP contribution in [0.4, 0.5) is 0 Å². The minimum Gasteiger partial charge on any atom is -0.394 e. The Morgan fingerprint density at radius 3 is 2.83 bits per heavy atom. The first-order chi connectivity index (χ1) is 11.0. The second-order valence-electron chi connectivity index (χ2n) is 6.41. The van der Waals surface area contributed by atoms with Crippen molar-refractivity contribution in [2.75, 3.05) is 6.61 Å². The van der Waals surface area contributed by atoms with Crippen LogP contribution in [0.2, 0.25) is 0 Å². The van der Waals surface area contributed by atoms with E-state index >= 15 is 0 Å². The molecule has 0 saturated carbocycles. The Kier molecular flexibility index (Phi) is 6.33. The second-order valence-corrected chi connectivity index (χ2v) is 6.41. The predicted octanol–water partition coefficient (Wildman–Crippen LogP) is 1.04. The average Bonchev–Trinajstić information content (AvgIpc) is 2.77. The summed E-state index contributed by atoms with van der Waals surface area (Å²) in [7, 11) is 0. The molecule has 0 spiro atoms. The van der Waals surface area contributed by atoms with E-state index in [2.05, 4.69) is 10.4 Å². The number of hydrogen-bond acceptors (Lipinski definition) is 4. The number of amides is 1. The van der Waals surface area contributed by atoms with Crippen LogP contribution < -0.4 is 10.9 Å². The van der Waals surface area contributed by atoms with Crippen LogP contribution in [0.5, 0.6) is 0 Å². The topological polar surface area (TPSA) is 84.2 Å². The monoisotopic (exact) mass is 321 g/mol. The molecule has 0 bridgehead atoms. The van der Waals surface area contributed by atoms with Crippen molar-refractivity contribution in [1.82, 2.24) is 15.1 Å². The van der Waals surface area contributed by atoms with E-state index < -0.39 is 0 Å². The quantitative estimate of drug-likeness (QED) is 0.767. The molecular weight excluding hydrogens is 294 g/mol. The molecule has 6 heteroatoms. The van der Waals surface area contributed by atoms with E-state index in [0.717, 1.165) is 49.8 Å². The van der Waals surface area contributed by atoms with Crippen LogP contribution in [-0.4, -0.2) is 33.4 Å². The van der Waals surface area contributed by atoms with Crippen molar-refractivity contribution in [3.05, 3.63) is 27.7 Å². The highest BCUT2D eigenvalue weighted by Gasteiger charge is 2.19. The zero-order valence-electron chi connectivity index (χ0n) is 14.0. The normalized spacial score (nSPS) is 17.0. The van der Waals surface area contributed by atoms with Gasteiger partial charge in [0, 0.05) is 6.07 Å². The van der Waals surface area contributed by atoms with Crippen molar-refractivity contribution in [3.63, 3.8) is 0 Å². The van der Waals surface area contributed by atoms with Crippen molar-refractivity contribution in [1.29, 1.82) is 0 Å². The van der Waals surface area contributed by atoms with Crippen LogP contribution in [0.1, 0.15) is 50.8 Å². The van der Waals surface area contributed by atoms with Gasteiger partial charge in [-0.05, 0) is 37.2 Å². The Hall–Kier alpha value is -1.69. The maximum Gasteiger partial charge on any atom is 0.267 e. The standard InChI is InChI=1S/C17H27N3O3/c1-3-12(2)15(11-21)18-16(22)10-20-17(23)9-13-7-5-4-6-8-14(13)19-20/h9,12,15,21H,3-8,10-11H2,1-2H3,(H,18,22). The second kappa shape index (κ2) is 8.24. The average molecular weight is 321 g/mol. The van der Waals surface area contributed by atoms with Gasteiger partial charge in [-0.3, -0.25) is 9.59 Å². The number of rotatable bonds is 6. The first kappa shape index (κ1) is 17.7. The van der Waals surface area contributed by atoms with Gasteiger partial charge in [0.25, 0.3) is 5.56 Å². The molecule has 0 saturated heterocycles. The molecule has 23 heavy (non-hydrogen) atoms. The zero-order chi connectivity index (χ0) is 16.8. The smallest absolute Gasteiger partial charge is 0.267 e. The molecule has 128 valence electrons. The summed E-state index contributed by atoms with van der Waals surface area (Å²) in [6.45, 7) is 3.79. The largest absolute Gasteiger partial charge is 0.394 e. The van der Waals surface area contributed by atoms with Crippen molar-refractivity contribution in [2.45, 2.75) is 65.0 Å². The van der Waals surface area contributed by atoms with Gasteiger partial charge in [-0.25, -0.2) is 4.68 Å². The van der Waals surface area contributed by atoms with Crippen LogP contribution in [0.3, 0.4) is 0 Å². The maximum absolute atomic E-state index is 12.2. The highest BCUT2D eigenvalue weighted by Crippen LogP contribution is 2.16. The van der Waals surface area contributed by atoms with E-state index in [4.69, 9.17) is 0 Å². The Balaban J connectivity index is 2.09. The van der Waals surface area contributed by atoms with Gasteiger partial charge in [-0.1, -0.05) is 26.7 Å². The van der Waals surface area contributed by atoms with E-state index in [1.54, 1.807) is 6.07 Å². The van der Waals surface area contributed by atoms with Gasteiger partial charge in [0.15, 0.2) is 0 Å². The molecule has 0 aliphatic heterocycles. The summed E-state index contributed by atoms with van der Waals surface area (Å²) < 4.78 is 1.24. The fourth-order valence-corrected chi connectivity index (χ4v) is 2.93. The summed E-state index contributed by atoms with van der Waals surface area (Å²) in [6.07, 6.45) is 5.94. The summed E-state index contributed by atoms with van der Waals surface area (Å²) in [5.41, 5.74) is 1.73. The fraction of sp³-hybridized carbons (Fsp3) is 0.706. The number of nitrogens with one attached hydrogen (secondary N) is 1. The highest BCUT2D eigenvalue weighted by molar-refractivity contribution is 5.76. The van der Waals surface area contributed by atoms with Crippen LogP contribution in [0, 0.1) is 5.92 Å². The number of hydrogen-bond donors (Lipinski definition) is 2. The van der Waals surface area contributed by atoms with Crippen LogP contribution in [0.15, 0.2) is 10.9 Å². The third-order valence-corrected chi connectivity index (χ3v) is 4.69. The molecule has 2 unspecified atom stereocenters. The first-order valence-corrected chi connectivity index (χ1v) is 8.55. The molecule has 1 aliphatic rings. The molecule has 2 N–H and O–H groups in total. The highest BCUT2D eigenvalue weighted by atomic mass is 16.3. The lowest BCUT2D eigenvalue weighted by Gasteiger charge is -2.22. The number of aliphatic hydroxyl groups excluding tert-OH is 1. The van der Waals surface area contributed by atoms with Gasteiger partial charge in [0.05, 0.1) is 18.3 Å². The Morgan fingerprint density at radius 2 is 2.13 bits per heavy atom. The SMILES string of the molecule is CCC(C)C(CO)NC(=O)Cn1nc2c(cc1=O)CCCCC2. The van der Waals surface area contributed by atoms with Gasteiger partial charge in [0.1, 0.15) is 6.54 Å². The van der Waals surface area contributed by atoms with E-state index in [1.165, 1.54) is 4.68 Å². The van der Waals surface area contributed by atoms with Crippen molar-refractivity contribution in [3.8, 4) is 0 Å². The summed E-state index contributed by atoms with van der Waals surface area (Å²) in [4.78, 5) is 24.3. The van der Waals surface area contributed by atoms with Crippen LogP contribution in [0.25, 0.3) is 0 Å². The van der Waals surface area contributed by atoms with E-state index in [0.29, 0.717) is 0 Å². The predicted molar refractivity (Wildman–Crippen MR) is 88.2 cm³/mol. The van der Waals surface area contributed by atoms with Crippen molar-refractivity contribution < 1.29 is 9.90 Å². The number of carbonyl (C=O) groups is 1. The summed E-state index contributed by atoms with van der Waals surface area (Å²) in [5, 5.41) is 16.6. The molecule has 6 nitrogen and oxygen atoms in total. The fourth-order valence-electron chi connectivity index (χ4n) is 2.93. The molecule has 1 aliphatic carbocycles. The molecular formula is C17H27N3O3. The van der Waals surface area contributed by atoms with Gasteiger partial charge in [0.2, 0.25) is 5.91 Å². The maximum atomic E-state index is 12.2. The van der Waals surface area contributed by atoms with Crippen molar-refractivity contribution >= 4 is 5.91 Å². The third kappa shape index (κ3) is 4.64. The molecule has 2 atom stereocenters. The summed E-state index contributed by atoms with van der Waals surface area (Å²) in [5.74, 6) is -0.104. The molecule has 0 aromatic carbocycles. The minimum absolute atomic E-state index is 0.0982. The lowest BCUT2D eigenvalue weighted by molar-refractivity contribution is -0.123. The van der Waals surface area contributed by atoms with Gasteiger partial charge >= 0.3 is 0 Å². The number of aromatic nitrogens is 2. The van der Waals surface area contributed by atoms with Gasteiger partial charge in [-0.2, -0.15) is 5.10 Å². The lowest BCUT2D eigenvalue weighted by atomic mass is 10.00. The molecule has 2 rings (SSSR count). The van der Waals surface area contributed by atoms with E-state index in [9.17, 15) is 14.7 Å². The Labute approximate surface area is 136 Å². The number of fused-ring (bicyclic) bond motifs is 1. The number of aryl methyl sites for hydroxylation is 2. The zero-order valence-corrected chi connectivity index (χ0v) is 14.0. The van der Waals surface area contributed by atoms with Crippen LogP contribution >= 0.6 is 0 Å². The Morgan fingerprint density at radius 1 is 1.39 bits per heavy atom. The summed E-state index contributed by atoms with van der Waals surface area (Å²) in [6, 6.07) is 1.34. The molecule has 1 heterocycles. The molecule has 0 fully saturated rings. The van der Waals surface area contributed by atoms with Crippen LogP contribution in [-0.2, 0) is 24.2 Å². The first-order valence-electron chi connectivity index (χ1n) is 8.55. The minimum atomic E-state index is -0.288. The molecule has 0 radical (unpaired) electrons. The molecule has 1 amide bonds. The third-order valence-electron chi connectivity index (χ3n) is 4.69. The number of nitrogens with zero attached hydrogens (tertiary/aromatic N) is 2. The van der Waals surface area contributed by atoms with Gasteiger partial charge in [-0.15, -0.1) is 0 Å². The number of carbonyl (C=O) groups excluding carboxylic acids is 1. The van der Waals surface area contributed by atoms with Crippen molar-refractivity contribution in [2.24, 2.45) is 5.92 Å². The molecule has 1 aromatic rings. The number of aliphatic hydroxyl groups is 1. The molecule has 1 aromatic heterocycles. The Bertz CT molecular complexity index is 597. The van der Waals surface area contributed by atoms with E-state index in [-0.39, 0.29) is 36.6 Å². The summed E-state index contributed by atoms with van der Waals surface area (Å²) >= 11 is 0. The van der Waals surface area contributed by atoms with Gasteiger partial charge < -0.3 is 10.4 Å². The lowest BCUT2D eigenvalue weighted by Crippen LogP contribution is -2.44. The van der Waals surface area contributed by atoms with E-state index in [1.807, 2.05) is 13.8 Å².